The van der Waals surface area contributed by atoms with Crippen molar-refractivity contribution in [2.75, 3.05) is 0 Å². The molecule has 0 bridgehead atoms. The maximum atomic E-state index is 4.46. The molecule has 0 amide bonds. The fourth-order valence-corrected chi connectivity index (χ4v) is 2.77. The van der Waals surface area contributed by atoms with Gasteiger partial charge in [0.2, 0.25) is 0 Å². The molecule has 4 rings (SSSR count). The average Bonchev–Trinajstić information content (AvgIpc) is 2.70. The molecule has 0 saturated carbocycles. The van der Waals surface area contributed by atoms with Gasteiger partial charge >= 0.3 is 0 Å². The molecule has 0 saturated heterocycles. The molecule has 0 N–H and O–H groups in total. The molecule has 2 heteroatoms. The molecule has 3 aromatic carbocycles. The normalized spacial score (nSPS) is 10.5. The third kappa shape index (κ3) is 2.95. The molecule has 0 aliphatic carbocycles. The minimum absolute atomic E-state index is 0.932. The zero-order chi connectivity index (χ0) is 16.2. The third-order valence-electron chi connectivity index (χ3n) is 4.00. The monoisotopic (exact) mass is 308 g/mol. The Bertz CT molecular complexity index is 867. The van der Waals surface area contributed by atoms with Gasteiger partial charge in [0.15, 0.2) is 0 Å². The van der Waals surface area contributed by atoms with Crippen LogP contribution in [-0.2, 0) is 0 Å². The van der Waals surface area contributed by atoms with Gasteiger partial charge in [0.25, 0.3) is 0 Å². The van der Waals surface area contributed by atoms with Crippen LogP contribution in [-0.4, -0.2) is 9.97 Å². The Kier molecular flexibility index (Phi) is 3.86. The third-order valence-corrected chi connectivity index (χ3v) is 4.00. The summed E-state index contributed by atoms with van der Waals surface area (Å²) in [5, 5.41) is 0. The van der Waals surface area contributed by atoms with Gasteiger partial charge in [0.1, 0.15) is 6.33 Å². The van der Waals surface area contributed by atoms with E-state index in [0.29, 0.717) is 0 Å². The minimum Gasteiger partial charge on any atom is -0.236 e. The molecular formula is C22H16N2. The molecule has 0 aliphatic heterocycles. The molecule has 0 unspecified atom stereocenters. The summed E-state index contributed by atoms with van der Waals surface area (Å²) in [5.74, 6) is 0. The van der Waals surface area contributed by atoms with Crippen LogP contribution in [0.3, 0.4) is 0 Å². The molecular weight excluding hydrogens is 292 g/mol. The summed E-state index contributed by atoms with van der Waals surface area (Å²) in [4.78, 5) is 8.86. The first-order valence-electron chi connectivity index (χ1n) is 7.93. The van der Waals surface area contributed by atoms with Crippen molar-refractivity contribution in [1.29, 1.82) is 0 Å². The summed E-state index contributed by atoms with van der Waals surface area (Å²) in [6.07, 6.45) is 1.63. The average molecular weight is 308 g/mol. The Hall–Kier alpha value is -3.26. The zero-order valence-corrected chi connectivity index (χ0v) is 13.1. The van der Waals surface area contributed by atoms with Crippen LogP contribution in [0.1, 0.15) is 0 Å². The van der Waals surface area contributed by atoms with Crippen molar-refractivity contribution >= 4 is 0 Å². The number of aromatic nitrogens is 2. The summed E-state index contributed by atoms with van der Waals surface area (Å²) in [5.41, 5.74) is 6.45. The lowest BCUT2D eigenvalue weighted by Crippen LogP contribution is -1.89. The summed E-state index contributed by atoms with van der Waals surface area (Å²) < 4.78 is 0. The van der Waals surface area contributed by atoms with E-state index in [1.54, 1.807) is 6.33 Å². The zero-order valence-electron chi connectivity index (χ0n) is 13.1. The Morgan fingerprint density at radius 1 is 0.417 bits per heavy atom. The first-order valence-corrected chi connectivity index (χ1v) is 7.93. The number of hydrogen-bond donors (Lipinski definition) is 0. The summed E-state index contributed by atoms with van der Waals surface area (Å²) in [6, 6.07) is 31.1. The van der Waals surface area contributed by atoms with E-state index in [4.69, 9.17) is 0 Å². The molecule has 0 aliphatic rings. The van der Waals surface area contributed by atoms with Gasteiger partial charge in [0, 0.05) is 11.1 Å². The van der Waals surface area contributed by atoms with Gasteiger partial charge in [0.05, 0.1) is 11.4 Å². The molecule has 0 fully saturated rings. The van der Waals surface area contributed by atoms with E-state index in [-0.39, 0.29) is 0 Å². The highest BCUT2D eigenvalue weighted by Crippen LogP contribution is 2.27. The maximum Gasteiger partial charge on any atom is 0.116 e. The van der Waals surface area contributed by atoms with Crippen molar-refractivity contribution < 1.29 is 0 Å². The van der Waals surface area contributed by atoms with Crippen LogP contribution in [0.2, 0.25) is 0 Å². The largest absolute Gasteiger partial charge is 0.236 e. The Balaban J connectivity index is 1.75. The van der Waals surface area contributed by atoms with Gasteiger partial charge in [-0.3, -0.25) is 0 Å². The Morgan fingerprint density at radius 2 is 0.958 bits per heavy atom. The van der Waals surface area contributed by atoms with E-state index >= 15 is 0 Å². The molecule has 114 valence electrons. The Morgan fingerprint density at radius 3 is 1.67 bits per heavy atom. The molecule has 1 heterocycles. The van der Waals surface area contributed by atoms with Gasteiger partial charge < -0.3 is 0 Å². The molecule has 2 nitrogen and oxygen atoms in total. The van der Waals surface area contributed by atoms with Crippen molar-refractivity contribution in [1.82, 2.24) is 9.97 Å². The molecule has 4 aromatic rings. The van der Waals surface area contributed by atoms with Gasteiger partial charge in [-0.2, -0.15) is 0 Å². The fraction of sp³-hybridized carbons (Fsp3) is 0. The predicted octanol–water partition coefficient (Wildman–Crippen LogP) is 5.48. The topological polar surface area (TPSA) is 25.8 Å². The minimum atomic E-state index is 0.932. The van der Waals surface area contributed by atoms with E-state index in [0.717, 1.165) is 22.5 Å². The lowest BCUT2D eigenvalue weighted by molar-refractivity contribution is 1.18. The van der Waals surface area contributed by atoms with E-state index in [1.165, 1.54) is 11.1 Å². The summed E-state index contributed by atoms with van der Waals surface area (Å²) >= 11 is 0. The summed E-state index contributed by atoms with van der Waals surface area (Å²) in [7, 11) is 0. The van der Waals surface area contributed by atoms with Crippen LogP contribution in [0.4, 0.5) is 0 Å². The van der Waals surface area contributed by atoms with Crippen LogP contribution in [0.25, 0.3) is 33.6 Å². The van der Waals surface area contributed by atoms with Gasteiger partial charge in [-0.1, -0.05) is 78.9 Å². The van der Waals surface area contributed by atoms with Crippen molar-refractivity contribution in [2.45, 2.75) is 0 Å². The lowest BCUT2D eigenvalue weighted by Gasteiger charge is -2.07. The molecule has 0 radical (unpaired) electrons. The highest BCUT2D eigenvalue weighted by Gasteiger charge is 2.05. The number of rotatable bonds is 3. The molecule has 24 heavy (non-hydrogen) atoms. The summed E-state index contributed by atoms with van der Waals surface area (Å²) in [6.45, 7) is 0. The molecule has 1 aromatic heterocycles. The van der Waals surface area contributed by atoms with Crippen LogP contribution < -0.4 is 0 Å². The second-order valence-corrected chi connectivity index (χ2v) is 5.60. The fourth-order valence-electron chi connectivity index (χ4n) is 2.77. The lowest BCUT2D eigenvalue weighted by atomic mass is 10.0. The van der Waals surface area contributed by atoms with Crippen LogP contribution in [0.15, 0.2) is 97.3 Å². The number of hydrogen-bond acceptors (Lipinski definition) is 2. The van der Waals surface area contributed by atoms with Crippen molar-refractivity contribution in [2.24, 2.45) is 0 Å². The highest BCUT2D eigenvalue weighted by atomic mass is 14.8. The van der Waals surface area contributed by atoms with Gasteiger partial charge in [-0.25, -0.2) is 9.97 Å². The Labute approximate surface area is 141 Å². The predicted molar refractivity (Wildman–Crippen MR) is 98.3 cm³/mol. The van der Waals surface area contributed by atoms with E-state index < -0.39 is 0 Å². The maximum absolute atomic E-state index is 4.46. The van der Waals surface area contributed by atoms with Crippen LogP contribution in [0, 0.1) is 0 Å². The second-order valence-electron chi connectivity index (χ2n) is 5.60. The SMILES string of the molecule is c1ccc(-c2cccc(-c3cc(-c4ccccc4)ncn3)c2)cc1. The van der Waals surface area contributed by atoms with Crippen LogP contribution >= 0.6 is 0 Å². The first kappa shape index (κ1) is 14.3. The van der Waals surface area contributed by atoms with Crippen molar-refractivity contribution in [3.8, 4) is 33.6 Å². The quantitative estimate of drug-likeness (QED) is 0.501. The van der Waals surface area contributed by atoms with E-state index in [9.17, 15) is 0 Å². The smallest absolute Gasteiger partial charge is 0.116 e. The van der Waals surface area contributed by atoms with Gasteiger partial charge in [-0.05, 0) is 23.3 Å². The van der Waals surface area contributed by atoms with Crippen LogP contribution in [0.5, 0.6) is 0 Å². The highest BCUT2D eigenvalue weighted by molar-refractivity contribution is 5.73. The molecule has 0 spiro atoms. The van der Waals surface area contributed by atoms with E-state index in [2.05, 4.69) is 70.6 Å². The number of nitrogens with zero attached hydrogens (tertiary/aromatic N) is 2. The first-order chi connectivity index (χ1) is 11.9. The standard InChI is InChI=1S/C22H16N2/c1-3-8-17(9-4-1)19-12-7-13-20(14-19)22-15-21(23-16-24-22)18-10-5-2-6-11-18/h1-16H. The van der Waals surface area contributed by atoms with E-state index in [1.807, 2.05) is 30.3 Å². The molecule has 0 atom stereocenters. The van der Waals surface area contributed by atoms with Gasteiger partial charge in [-0.15, -0.1) is 0 Å². The van der Waals surface area contributed by atoms with Crippen molar-refractivity contribution in [3.63, 3.8) is 0 Å². The number of benzene rings is 3. The second kappa shape index (κ2) is 6.47. The van der Waals surface area contributed by atoms with Crippen molar-refractivity contribution in [3.05, 3.63) is 97.3 Å².